The fraction of sp³-hybridized carbons (Fsp3) is 0.333. The standard InChI is InChI=1S/C9H11N3O5/c13-5-10-9-1-2-11-12(9)3-8(17-7-15)4-16-6-14/h1-2,5-8H,3-4H2,(H,10,13). The summed E-state index contributed by atoms with van der Waals surface area (Å²) >= 11 is 0. The Balaban J connectivity index is 2.63. The van der Waals surface area contributed by atoms with Gasteiger partial charge in [-0.25, -0.2) is 4.68 Å². The molecule has 92 valence electrons. The SMILES string of the molecule is O=CNc1ccnn1CC(COC=O)OC=O. The number of carbonyl (C=O) groups excluding carboxylic acids is 3. The maximum Gasteiger partial charge on any atom is 0.293 e. The Morgan fingerprint density at radius 1 is 1.41 bits per heavy atom. The molecule has 0 aliphatic rings. The van der Waals surface area contributed by atoms with Gasteiger partial charge in [-0.15, -0.1) is 0 Å². The minimum Gasteiger partial charge on any atom is -0.464 e. The molecule has 8 heteroatoms. The van der Waals surface area contributed by atoms with Crippen LogP contribution in [0.3, 0.4) is 0 Å². The van der Waals surface area contributed by atoms with Crippen LogP contribution in [0, 0.1) is 0 Å². The first kappa shape index (κ1) is 12.7. The summed E-state index contributed by atoms with van der Waals surface area (Å²) in [5.41, 5.74) is 0. The van der Waals surface area contributed by atoms with Crippen LogP contribution in [0.1, 0.15) is 0 Å². The number of ether oxygens (including phenoxy) is 2. The van der Waals surface area contributed by atoms with Gasteiger partial charge in [0, 0.05) is 6.07 Å². The molecule has 1 atom stereocenters. The lowest BCUT2D eigenvalue weighted by Crippen LogP contribution is -2.26. The molecule has 0 saturated carbocycles. The summed E-state index contributed by atoms with van der Waals surface area (Å²) in [6.07, 6.45) is 1.32. The van der Waals surface area contributed by atoms with Crippen molar-refractivity contribution in [2.75, 3.05) is 11.9 Å². The molecule has 0 aromatic carbocycles. The summed E-state index contributed by atoms with van der Waals surface area (Å²) < 4.78 is 10.6. The van der Waals surface area contributed by atoms with Crippen LogP contribution in [-0.4, -0.2) is 41.8 Å². The van der Waals surface area contributed by atoms with E-state index in [1.165, 1.54) is 10.9 Å². The van der Waals surface area contributed by atoms with E-state index in [-0.39, 0.29) is 26.1 Å². The summed E-state index contributed by atoms with van der Waals surface area (Å²) in [4.78, 5) is 30.6. The molecule has 0 fully saturated rings. The van der Waals surface area contributed by atoms with Gasteiger partial charge in [0.2, 0.25) is 6.41 Å². The average Bonchev–Trinajstić information content (AvgIpc) is 2.74. The van der Waals surface area contributed by atoms with Crippen LogP contribution >= 0.6 is 0 Å². The third kappa shape index (κ3) is 3.93. The number of hydrogen-bond donors (Lipinski definition) is 1. The molecule has 0 aliphatic carbocycles. The number of carbonyl (C=O) groups is 3. The molecule has 0 aliphatic heterocycles. The Morgan fingerprint density at radius 2 is 2.24 bits per heavy atom. The largest absolute Gasteiger partial charge is 0.464 e. The van der Waals surface area contributed by atoms with Gasteiger partial charge >= 0.3 is 0 Å². The third-order valence-corrected chi connectivity index (χ3v) is 1.90. The van der Waals surface area contributed by atoms with Crippen LogP contribution in [0.4, 0.5) is 5.82 Å². The van der Waals surface area contributed by atoms with Gasteiger partial charge < -0.3 is 14.8 Å². The van der Waals surface area contributed by atoms with E-state index in [9.17, 15) is 14.4 Å². The van der Waals surface area contributed by atoms with Crippen LogP contribution in [0.25, 0.3) is 0 Å². The van der Waals surface area contributed by atoms with E-state index >= 15 is 0 Å². The van der Waals surface area contributed by atoms with Crippen molar-refractivity contribution in [1.29, 1.82) is 0 Å². The number of hydrogen-bond acceptors (Lipinski definition) is 6. The van der Waals surface area contributed by atoms with E-state index in [4.69, 9.17) is 4.74 Å². The highest BCUT2D eigenvalue weighted by atomic mass is 16.6. The molecule has 1 amide bonds. The predicted octanol–water partition coefficient (Wildman–Crippen LogP) is -0.834. The molecule has 0 bridgehead atoms. The summed E-state index contributed by atoms with van der Waals surface area (Å²) in [5.74, 6) is 0.450. The van der Waals surface area contributed by atoms with E-state index in [2.05, 4.69) is 15.2 Å². The molecule has 1 unspecified atom stereocenters. The van der Waals surface area contributed by atoms with Gasteiger partial charge in [-0.05, 0) is 0 Å². The molecule has 0 spiro atoms. The molecular formula is C9H11N3O5. The Morgan fingerprint density at radius 3 is 2.88 bits per heavy atom. The van der Waals surface area contributed by atoms with E-state index < -0.39 is 6.10 Å². The minimum atomic E-state index is -0.662. The molecule has 17 heavy (non-hydrogen) atoms. The second-order valence-electron chi connectivity index (χ2n) is 2.94. The highest BCUT2D eigenvalue weighted by molar-refractivity contribution is 5.68. The van der Waals surface area contributed by atoms with Gasteiger partial charge in [0.15, 0.2) is 6.10 Å². The summed E-state index contributed by atoms with van der Waals surface area (Å²) in [6.45, 7) is 0.600. The lowest BCUT2D eigenvalue weighted by molar-refractivity contribution is -0.143. The predicted molar refractivity (Wildman–Crippen MR) is 54.9 cm³/mol. The maximum absolute atomic E-state index is 10.3. The van der Waals surface area contributed by atoms with Crippen molar-refractivity contribution in [3.8, 4) is 0 Å². The zero-order valence-corrected chi connectivity index (χ0v) is 8.81. The van der Waals surface area contributed by atoms with Crippen molar-refractivity contribution >= 4 is 25.2 Å². The molecule has 1 aromatic heterocycles. The van der Waals surface area contributed by atoms with Crippen LogP contribution in [0.5, 0.6) is 0 Å². The van der Waals surface area contributed by atoms with Gasteiger partial charge in [-0.1, -0.05) is 0 Å². The van der Waals surface area contributed by atoms with Crippen molar-refractivity contribution in [2.24, 2.45) is 0 Å². The lowest BCUT2D eigenvalue weighted by atomic mass is 10.4. The van der Waals surface area contributed by atoms with Gasteiger partial charge in [0.1, 0.15) is 12.4 Å². The minimum absolute atomic E-state index is 0.0807. The Labute approximate surface area is 96.5 Å². The molecule has 8 nitrogen and oxygen atoms in total. The van der Waals surface area contributed by atoms with E-state index in [0.29, 0.717) is 12.2 Å². The summed E-state index contributed by atoms with van der Waals surface area (Å²) in [6, 6.07) is 1.58. The number of nitrogens with one attached hydrogen (secondary N) is 1. The second kappa shape index (κ2) is 6.99. The van der Waals surface area contributed by atoms with E-state index in [1.807, 2.05) is 0 Å². The van der Waals surface area contributed by atoms with Crippen molar-refractivity contribution in [2.45, 2.75) is 12.6 Å². The molecule has 0 radical (unpaired) electrons. The monoisotopic (exact) mass is 241 g/mol. The van der Waals surface area contributed by atoms with Gasteiger partial charge in [-0.2, -0.15) is 5.10 Å². The second-order valence-corrected chi connectivity index (χ2v) is 2.94. The maximum atomic E-state index is 10.3. The summed E-state index contributed by atoms with van der Waals surface area (Å²) in [7, 11) is 0. The van der Waals surface area contributed by atoms with Crippen molar-refractivity contribution in [1.82, 2.24) is 9.78 Å². The van der Waals surface area contributed by atoms with E-state index in [0.717, 1.165) is 0 Å². The first-order chi connectivity index (χ1) is 8.31. The van der Waals surface area contributed by atoms with Crippen molar-refractivity contribution in [3.63, 3.8) is 0 Å². The normalized spacial score (nSPS) is 11.3. The fourth-order valence-electron chi connectivity index (χ4n) is 1.21. The van der Waals surface area contributed by atoms with E-state index in [1.54, 1.807) is 6.07 Å². The zero-order chi connectivity index (χ0) is 12.5. The molecule has 0 saturated heterocycles. The number of aromatic nitrogens is 2. The molecule has 1 rings (SSSR count). The molecule has 1 heterocycles. The highest BCUT2D eigenvalue weighted by Gasteiger charge is 2.13. The molecular weight excluding hydrogens is 230 g/mol. The Hall–Kier alpha value is -2.38. The topological polar surface area (TPSA) is 99.5 Å². The van der Waals surface area contributed by atoms with Crippen LogP contribution < -0.4 is 5.32 Å². The van der Waals surface area contributed by atoms with Crippen molar-refractivity contribution in [3.05, 3.63) is 12.3 Å². The Kier molecular flexibility index (Phi) is 5.21. The number of amides is 1. The number of rotatable bonds is 9. The first-order valence-electron chi connectivity index (χ1n) is 4.68. The van der Waals surface area contributed by atoms with Crippen molar-refractivity contribution < 1.29 is 23.9 Å². The van der Waals surface area contributed by atoms with Gasteiger partial charge in [0.25, 0.3) is 12.9 Å². The van der Waals surface area contributed by atoms with Gasteiger partial charge in [0.05, 0.1) is 12.7 Å². The number of nitrogens with zero attached hydrogens (tertiary/aromatic N) is 2. The fourth-order valence-corrected chi connectivity index (χ4v) is 1.21. The van der Waals surface area contributed by atoms with Crippen LogP contribution in [-0.2, 0) is 30.4 Å². The van der Waals surface area contributed by atoms with Crippen LogP contribution in [0.15, 0.2) is 12.3 Å². The van der Waals surface area contributed by atoms with Gasteiger partial charge in [-0.3, -0.25) is 14.4 Å². The highest BCUT2D eigenvalue weighted by Crippen LogP contribution is 2.07. The quantitative estimate of drug-likeness (QED) is 0.566. The Bertz CT molecular complexity index is 378. The smallest absolute Gasteiger partial charge is 0.293 e. The average molecular weight is 241 g/mol. The first-order valence-corrected chi connectivity index (χ1v) is 4.68. The molecule has 1 N–H and O–H groups in total. The molecule has 1 aromatic rings. The number of anilines is 1. The van der Waals surface area contributed by atoms with Crippen LogP contribution in [0.2, 0.25) is 0 Å². The lowest BCUT2D eigenvalue weighted by Gasteiger charge is -2.15. The third-order valence-electron chi connectivity index (χ3n) is 1.90. The zero-order valence-electron chi connectivity index (χ0n) is 8.81. The summed E-state index contributed by atoms with van der Waals surface area (Å²) in [5, 5.41) is 6.35.